The lowest BCUT2D eigenvalue weighted by atomic mass is 10.2. The van der Waals surface area contributed by atoms with E-state index in [4.69, 9.17) is 21.3 Å². The normalized spacial score (nSPS) is 15.4. The van der Waals surface area contributed by atoms with Crippen LogP contribution < -0.4 is 4.74 Å². The Balaban J connectivity index is 1.34. The van der Waals surface area contributed by atoms with E-state index in [0.29, 0.717) is 6.61 Å². The molecule has 0 radical (unpaired) electrons. The minimum absolute atomic E-state index is 0.682. The van der Waals surface area contributed by atoms with Crippen molar-refractivity contribution >= 4 is 22.6 Å². The maximum atomic E-state index is 5.94. The van der Waals surface area contributed by atoms with E-state index in [1.54, 1.807) is 0 Å². The van der Waals surface area contributed by atoms with E-state index >= 15 is 0 Å². The van der Waals surface area contributed by atoms with Crippen LogP contribution in [0.2, 0.25) is 5.02 Å². The molecule has 30 heavy (non-hydrogen) atoms. The van der Waals surface area contributed by atoms with E-state index < -0.39 is 0 Å². The number of benzene rings is 2. The van der Waals surface area contributed by atoms with Crippen molar-refractivity contribution in [2.45, 2.75) is 51.5 Å². The Hall–Kier alpha value is -2.04. The molecule has 0 bridgehead atoms. The fourth-order valence-electron chi connectivity index (χ4n) is 4.33. The molecule has 0 N–H and O–H groups in total. The summed E-state index contributed by atoms with van der Waals surface area (Å²) in [4.78, 5) is 7.59. The third-order valence-electron chi connectivity index (χ3n) is 5.92. The summed E-state index contributed by atoms with van der Waals surface area (Å²) < 4.78 is 8.28. The number of aryl methyl sites for hydroxylation is 2. The lowest BCUT2D eigenvalue weighted by Gasteiger charge is -2.19. The molecule has 4 nitrogen and oxygen atoms in total. The van der Waals surface area contributed by atoms with Gasteiger partial charge >= 0.3 is 0 Å². The molecule has 1 saturated heterocycles. The molecule has 1 fully saturated rings. The predicted octanol–water partition coefficient (Wildman–Crippen LogP) is 5.97. The van der Waals surface area contributed by atoms with Gasteiger partial charge in [0.05, 0.1) is 17.6 Å². The van der Waals surface area contributed by atoms with Crippen molar-refractivity contribution in [2.24, 2.45) is 0 Å². The number of nitrogens with zero attached hydrogens (tertiary/aromatic N) is 3. The van der Waals surface area contributed by atoms with Crippen LogP contribution >= 0.6 is 11.6 Å². The first-order valence-corrected chi connectivity index (χ1v) is 11.7. The maximum absolute atomic E-state index is 5.94. The molecule has 2 heterocycles. The Bertz CT molecular complexity index is 914. The summed E-state index contributed by atoms with van der Waals surface area (Å²) in [6, 6.07) is 16.0. The van der Waals surface area contributed by atoms with Gasteiger partial charge in [0.25, 0.3) is 0 Å². The Kier molecular flexibility index (Phi) is 7.65. The second-order valence-corrected chi connectivity index (χ2v) is 8.62. The summed E-state index contributed by atoms with van der Waals surface area (Å²) in [6.45, 7) is 5.31. The molecule has 0 amide bonds. The number of hydrogen-bond acceptors (Lipinski definition) is 3. The molecule has 4 rings (SSSR count). The van der Waals surface area contributed by atoms with Gasteiger partial charge in [0.2, 0.25) is 0 Å². The quantitative estimate of drug-likeness (QED) is 0.396. The van der Waals surface area contributed by atoms with Crippen LogP contribution in [0.3, 0.4) is 0 Å². The van der Waals surface area contributed by atoms with Crippen molar-refractivity contribution < 1.29 is 4.74 Å². The summed E-state index contributed by atoms with van der Waals surface area (Å²) >= 11 is 5.94. The Morgan fingerprint density at radius 3 is 2.43 bits per heavy atom. The highest BCUT2D eigenvalue weighted by atomic mass is 35.5. The lowest BCUT2D eigenvalue weighted by Crippen LogP contribution is -2.26. The number of fused-ring (bicyclic) bond motifs is 1. The Morgan fingerprint density at radius 1 is 0.867 bits per heavy atom. The molecule has 2 aromatic carbocycles. The third kappa shape index (κ3) is 5.77. The first-order valence-electron chi connectivity index (χ1n) is 11.3. The van der Waals surface area contributed by atoms with Crippen molar-refractivity contribution in [1.82, 2.24) is 14.5 Å². The standard InChI is InChI=1S/C25H32ClN3O/c26-21-12-14-22(15-13-21)30-20-8-19-29-24-10-4-3-9-23(24)27-25(29)11-7-18-28-16-5-1-2-6-17-28/h3-4,9-10,12-15H,1-2,5-8,11,16-20H2. The molecular formula is C25H32ClN3O. The zero-order chi connectivity index (χ0) is 20.6. The van der Waals surface area contributed by atoms with Crippen molar-refractivity contribution in [3.05, 3.63) is 59.4 Å². The van der Waals surface area contributed by atoms with Crippen LogP contribution in [0.25, 0.3) is 11.0 Å². The van der Waals surface area contributed by atoms with E-state index in [-0.39, 0.29) is 0 Å². The first-order chi connectivity index (χ1) is 14.8. The highest BCUT2D eigenvalue weighted by Gasteiger charge is 2.12. The van der Waals surface area contributed by atoms with E-state index in [1.807, 2.05) is 24.3 Å². The van der Waals surface area contributed by atoms with Crippen LogP contribution in [0.5, 0.6) is 5.75 Å². The topological polar surface area (TPSA) is 30.3 Å². The van der Waals surface area contributed by atoms with E-state index in [2.05, 4.69) is 33.7 Å². The number of hydrogen-bond donors (Lipinski definition) is 0. The van der Waals surface area contributed by atoms with Crippen LogP contribution in [0, 0.1) is 0 Å². The summed E-state index contributed by atoms with van der Waals surface area (Å²) in [5, 5.41) is 0.733. The van der Waals surface area contributed by atoms with Gasteiger partial charge in [-0.2, -0.15) is 0 Å². The van der Waals surface area contributed by atoms with Crippen molar-refractivity contribution in [3.8, 4) is 5.75 Å². The largest absolute Gasteiger partial charge is 0.494 e. The Morgan fingerprint density at radius 2 is 1.63 bits per heavy atom. The third-order valence-corrected chi connectivity index (χ3v) is 6.17. The summed E-state index contributed by atoms with van der Waals surface area (Å²) in [7, 11) is 0. The van der Waals surface area contributed by atoms with Crippen LogP contribution in [-0.4, -0.2) is 40.7 Å². The molecule has 0 aliphatic carbocycles. The second-order valence-electron chi connectivity index (χ2n) is 8.18. The van der Waals surface area contributed by atoms with Gasteiger partial charge in [0.15, 0.2) is 0 Å². The molecule has 1 aliphatic heterocycles. The fourth-order valence-corrected chi connectivity index (χ4v) is 4.46. The number of aromatic nitrogens is 2. The number of halogens is 1. The molecule has 0 saturated carbocycles. The lowest BCUT2D eigenvalue weighted by molar-refractivity contribution is 0.280. The van der Waals surface area contributed by atoms with Crippen molar-refractivity contribution in [3.63, 3.8) is 0 Å². The van der Waals surface area contributed by atoms with E-state index in [1.165, 1.54) is 63.1 Å². The van der Waals surface area contributed by atoms with Crippen molar-refractivity contribution in [1.29, 1.82) is 0 Å². The number of likely N-dealkylation sites (tertiary alicyclic amines) is 1. The van der Waals surface area contributed by atoms with Crippen LogP contribution in [0.4, 0.5) is 0 Å². The van der Waals surface area contributed by atoms with Gasteiger partial charge in [-0.15, -0.1) is 0 Å². The highest BCUT2D eigenvalue weighted by molar-refractivity contribution is 6.30. The molecule has 1 aliphatic rings. The van der Waals surface area contributed by atoms with Crippen LogP contribution in [-0.2, 0) is 13.0 Å². The monoisotopic (exact) mass is 425 g/mol. The SMILES string of the molecule is Clc1ccc(OCCCn2c(CCCN3CCCCCC3)nc3ccccc32)cc1. The van der Waals surface area contributed by atoms with Crippen LogP contribution in [0.1, 0.15) is 44.3 Å². The van der Waals surface area contributed by atoms with Gasteiger partial charge in [0, 0.05) is 18.0 Å². The number of rotatable bonds is 9. The van der Waals surface area contributed by atoms with Gasteiger partial charge in [-0.1, -0.05) is 36.6 Å². The minimum atomic E-state index is 0.682. The zero-order valence-electron chi connectivity index (χ0n) is 17.7. The van der Waals surface area contributed by atoms with Crippen molar-refractivity contribution in [2.75, 3.05) is 26.2 Å². The maximum Gasteiger partial charge on any atom is 0.119 e. The summed E-state index contributed by atoms with van der Waals surface area (Å²) in [5.41, 5.74) is 2.33. The highest BCUT2D eigenvalue weighted by Crippen LogP contribution is 2.19. The van der Waals surface area contributed by atoms with Gasteiger partial charge in [-0.05, 0) is 81.7 Å². The molecule has 5 heteroatoms. The smallest absolute Gasteiger partial charge is 0.119 e. The van der Waals surface area contributed by atoms with Gasteiger partial charge in [-0.25, -0.2) is 4.98 Å². The average molecular weight is 426 g/mol. The van der Waals surface area contributed by atoms with Gasteiger partial charge < -0.3 is 14.2 Å². The van der Waals surface area contributed by atoms with Gasteiger partial charge in [0.1, 0.15) is 11.6 Å². The Labute approximate surface area is 184 Å². The van der Waals surface area contributed by atoms with E-state index in [9.17, 15) is 0 Å². The molecule has 160 valence electrons. The van der Waals surface area contributed by atoms with Gasteiger partial charge in [-0.3, -0.25) is 0 Å². The van der Waals surface area contributed by atoms with E-state index in [0.717, 1.165) is 35.7 Å². The number of ether oxygens (including phenoxy) is 1. The summed E-state index contributed by atoms with van der Waals surface area (Å²) in [6.07, 6.45) is 8.64. The predicted molar refractivity (Wildman–Crippen MR) is 125 cm³/mol. The number of imidazole rings is 1. The zero-order valence-corrected chi connectivity index (χ0v) is 18.5. The molecule has 1 aromatic heterocycles. The fraction of sp³-hybridized carbons (Fsp3) is 0.480. The van der Waals surface area contributed by atoms with Crippen LogP contribution in [0.15, 0.2) is 48.5 Å². The molecule has 0 atom stereocenters. The molecular weight excluding hydrogens is 394 g/mol. The molecule has 3 aromatic rings. The minimum Gasteiger partial charge on any atom is -0.494 e. The summed E-state index contributed by atoms with van der Waals surface area (Å²) in [5.74, 6) is 2.07. The first kappa shape index (κ1) is 21.2. The molecule has 0 spiro atoms. The molecule has 0 unspecified atom stereocenters. The number of para-hydroxylation sites is 2. The second kappa shape index (κ2) is 10.8. The average Bonchev–Trinajstić information content (AvgIpc) is 2.92.